The second-order valence-corrected chi connectivity index (χ2v) is 6.56. The molecule has 1 aromatic rings. The molecule has 0 saturated heterocycles. The van der Waals surface area contributed by atoms with Gasteiger partial charge in [-0.05, 0) is 68.7 Å². The Hall–Kier alpha value is -1.19. The van der Waals surface area contributed by atoms with Gasteiger partial charge in [0.25, 0.3) is 0 Å². The van der Waals surface area contributed by atoms with Gasteiger partial charge >= 0.3 is 0 Å². The van der Waals surface area contributed by atoms with Crippen LogP contribution >= 0.6 is 0 Å². The predicted molar refractivity (Wildman–Crippen MR) is 87.8 cm³/mol. The van der Waals surface area contributed by atoms with Crippen LogP contribution in [0.3, 0.4) is 0 Å². The summed E-state index contributed by atoms with van der Waals surface area (Å²) >= 11 is 0. The molecule has 1 aliphatic carbocycles. The lowest BCUT2D eigenvalue weighted by molar-refractivity contribution is 0.240. The molecule has 1 aliphatic heterocycles. The zero-order valence-electron chi connectivity index (χ0n) is 12.9. The van der Waals surface area contributed by atoms with E-state index in [0.29, 0.717) is 6.04 Å². The lowest BCUT2D eigenvalue weighted by Crippen LogP contribution is -2.32. The van der Waals surface area contributed by atoms with Crippen molar-refractivity contribution in [3.63, 3.8) is 0 Å². The summed E-state index contributed by atoms with van der Waals surface area (Å²) in [5.74, 6) is 0.908. The molecular formula is C18H27N3. The van der Waals surface area contributed by atoms with Crippen molar-refractivity contribution >= 4 is 5.57 Å². The summed E-state index contributed by atoms with van der Waals surface area (Å²) in [7, 11) is 0. The first-order chi connectivity index (χ1) is 10.3. The van der Waals surface area contributed by atoms with E-state index in [1.54, 1.807) is 0 Å². The number of nitrogens with zero attached hydrogens (tertiary/aromatic N) is 2. The van der Waals surface area contributed by atoms with Gasteiger partial charge in [-0.2, -0.15) is 0 Å². The Balaban J connectivity index is 1.44. The van der Waals surface area contributed by atoms with Crippen LogP contribution in [0.15, 0.2) is 30.5 Å². The fourth-order valence-electron chi connectivity index (χ4n) is 3.54. The van der Waals surface area contributed by atoms with Crippen molar-refractivity contribution in [2.75, 3.05) is 19.6 Å². The number of aromatic nitrogens is 1. The maximum atomic E-state index is 5.98. The summed E-state index contributed by atoms with van der Waals surface area (Å²) in [6.07, 6.45) is 11.9. The molecule has 0 atom stereocenters. The molecule has 0 bridgehead atoms. The standard InChI is InChI=1S/C18H27N3/c19-17-6-4-15(5-7-17)8-12-21-13-9-16(10-14-21)18-3-1-2-11-20-18/h1-3,9,11,15,17H,4-8,10,12-14,19H2. The van der Waals surface area contributed by atoms with E-state index in [9.17, 15) is 0 Å². The molecule has 0 amide bonds. The highest BCUT2D eigenvalue weighted by molar-refractivity contribution is 5.63. The summed E-state index contributed by atoms with van der Waals surface area (Å²) in [5, 5.41) is 0. The molecule has 2 N–H and O–H groups in total. The van der Waals surface area contributed by atoms with Crippen LogP contribution in [0.4, 0.5) is 0 Å². The van der Waals surface area contributed by atoms with Crippen LogP contribution < -0.4 is 5.73 Å². The highest BCUT2D eigenvalue weighted by Crippen LogP contribution is 2.27. The van der Waals surface area contributed by atoms with Crippen molar-refractivity contribution < 1.29 is 0 Å². The zero-order valence-corrected chi connectivity index (χ0v) is 12.9. The number of hydrogen-bond acceptors (Lipinski definition) is 3. The summed E-state index contributed by atoms with van der Waals surface area (Å²) in [6, 6.07) is 6.64. The fraction of sp³-hybridized carbons (Fsp3) is 0.611. The summed E-state index contributed by atoms with van der Waals surface area (Å²) in [6.45, 7) is 3.50. The first kappa shape index (κ1) is 14.7. The zero-order chi connectivity index (χ0) is 14.5. The molecule has 1 saturated carbocycles. The molecule has 0 unspecified atom stereocenters. The number of hydrogen-bond donors (Lipinski definition) is 1. The maximum Gasteiger partial charge on any atom is 0.0659 e. The van der Waals surface area contributed by atoms with Gasteiger partial charge in [-0.3, -0.25) is 9.88 Å². The molecule has 0 radical (unpaired) electrons. The van der Waals surface area contributed by atoms with Gasteiger partial charge in [0.05, 0.1) is 5.69 Å². The van der Waals surface area contributed by atoms with E-state index in [-0.39, 0.29) is 0 Å². The van der Waals surface area contributed by atoms with Gasteiger partial charge in [0.15, 0.2) is 0 Å². The Labute approximate surface area is 128 Å². The second kappa shape index (κ2) is 7.19. The van der Waals surface area contributed by atoms with Crippen molar-refractivity contribution in [3.05, 3.63) is 36.2 Å². The van der Waals surface area contributed by atoms with Gasteiger partial charge in [0.1, 0.15) is 0 Å². The maximum absolute atomic E-state index is 5.98. The van der Waals surface area contributed by atoms with E-state index < -0.39 is 0 Å². The van der Waals surface area contributed by atoms with Gasteiger partial charge in [0, 0.05) is 25.3 Å². The monoisotopic (exact) mass is 285 g/mol. The minimum atomic E-state index is 0.472. The van der Waals surface area contributed by atoms with Crippen LogP contribution in [0.5, 0.6) is 0 Å². The lowest BCUT2D eigenvalue weighted by atomic mass is 9.84. The molecule has 0 spiro atoms. The Morgan fingerprint density at radius 1 is 1.19 bits per heavy atom. The van der Waals surface area contributed by atoms with Crippen LogP contribution in [0, 0.1) is 5.92 Å². The normalized spacial score (nSPS) is 27.4. The van der Waals surface area contributed by atoms with Gasteiger partial charge in [-0.25, -0.2) is 0 Å². The van der Waals surface area contributed by atoms with Crippen LogP contribution in [-0.2, 0) is 0 Å². The average molecular weight is 285 g/mol. The quantitative estimate of drug-likeness (QED) is 0.924. The summed E-state index contributed by atoms with van der Waals surface area (Å²) in [4.78, 5) is 7.04. The van der Waals surface area contributed by atoms with E-state index in [0.717, 1.165) is 24.6 Å². The molecule has 1 fully saturated rings. The van der Waals surface area contributed by atoms with Crippen molar-refractivity contribution in [2.45, 2.75) is 44.6 Å². The molecule has 0 aromatic carbocycles. The van der Waals surface area contributed by atoms with E-state index in [1.807, 2.05) is 12.3 Å². The molecule has 21 heavy (non-hydrogen) atoms. The fourth-order valence-corrected chi connectivity index (χ4v) is 3.54. The van der Waals surface area contributed by atoms with Crippen molar-refractivity contribution in [3.8, 4) is 0 Å². The highest BCUT2D eigenvalue weighted by atomic mass is 15.1. The van der Waals surface area contributed by atoms with E-state index in [2.05, 4.69) is 28.1 Å². The van der Waals surface area contributed by atoms with Gasteiger partial charge in [-0.15, -0.1) is 0 Å². The van der Waals surface area contributed by atoms with E-state index in [4.69, 9.17) is 5.73 Å². The average Bonchev–Trinajstić information content (AvgIpc) is 2.56. The number of nitrogens with two attached hydrogens (primary N) is 1. The van der Waals surface area contributed by atoms with Crippen LogP contribution in [0.2, 0.25) is 0 Å². The molecule has 3 rings (SSSR count). The third-order valence-corrected chi connectivity index (χ3v) is 5.03. The number of pyridine rings is 1. The Morgan fingerprint density at radius 2 is 2.05 bits per heavy atom. The minimum Gasteiger partial charge on any atom is -0.328 e. The van der Waals surface area contributed by atoms with Gasteiger partial charge in [0.2, 0.25) is 0 Å². The van der Waals surface area contributed by atoms with Crippen molar-refractivity contribution in [2.24, 2.45) is 11.7 Å². The smallest absolute Gasteiger partial charge is 0.0659 e. The molecular weight excluding hydrogens is 258 g/mol. The predicted octanol–water partition coefficient (Wildman–Crippen LogP) is 3.08. The topological polar surface area (TPSA) is 42.1 Å². The Morgan fingerprint density at radius 3 is 2.71 bits per heavy atom. The van der Waals surface area contributed by atoms with Crippen LogP contribution in [0.25, 0.3) is 5.57 Å². The molecule has 3 nitrogen and oxygen atoms in total. The second-order valence-electron chi connectivity index (χ2n) is 6.56. The van der Waals surface area contributed by atoms with Gasteiger partial charge < -0.3 is 5.73 Å². The number of rotatable bonds is 4. The third kappa shape index (κ3) is 4.14. The van der Waals surface area contributed by atoms with E-state index in [1.165, 1.54) is 50.8 Å². The van der Waals surface area contributed by atoms with Gasteiger partial charge in [-0.1, -0.05) is 12.1 Å². The first-order valence-corrected chi connectivity index (χ1v) is 8.39. The lowest BCUT2D eigenvalue weighted by Gasteiger charge is -2.30. The Bertz CT molecular complexity index is 461. The molecule has 1 aromatic heterocycles. The SMILES string of the molecule is NC1CCC(CCN2CC=C(c3ccccn3)CC2)CC1. The third-order valence-electron chi connectivity index (χ3n) is 5.03. The van der Waals surface area contributed by atoms with Crippen LogP contribution in [-0.4, -0.2) is 35.6 Å². The molecule has 2 heterocycles. The minimum absolute atomic E-state index is 0.472. The van der Waals surface area contributed by atoms with Crippen molar-refractivity contribution in [1.29, 1.82) is 0 Å². The highest BCUT2D eigenvalue weighted by Gasteiger charge is 2.20. The first-order valence-electron chi connectivity index (χ1n) is 8.39. The largest absolute Gasteiger partial charge is 0.328 e. The molecule has 3 heteroatoms. The van der Waals surface area contributed by atoms with Crippen molar-refractivity contribution in [1.82, 2.24) is 9.88 Å². The molecule has 2 aliphatic rings. The van der Waals surface area contributed by atoms with Crippen LogP contribution in [0.1, 0.15) is 44.2 Å². The van der Waals surface area contributed by atoms with E-state index >= 15 is 0 Å². The summed E-state index contributed by atoms with van der Waals surface area (Å²) < 4.78 is 0. The molecule has 114 valence electrons. The Kier molecular flexibility index (Phi) is 5.04. The summed E-state index contributed by atoms with van der Waals surface area (Å²) in [5.41, 5.74) is 8.55.